The third-order valence-electron chi connectivity index (χ3n) is 5.02. The molecule has 4 heterocycles. The maximum absolute atomic E-state index is 4.85. The van der Waals surface area contributed by atoms with Gasteiger partial charge in [0.05, 0.1) is 10.5 Å². The van der Waals surface area contributed by atoms with Gasteiger partial charge in [0, 0.05) is 33.4 Å². The number of hydrogen-bond donors (Lipinski definition) is 0. The second kappa shape index (κ2) is 5.42. The van der Waals surface area contributed by atoms with Gasteiger partial charge in [-0.1, -0.05) is 55.8 Å². The van der Waals surface area contributed by atoms with Gasteiger partial charge in [0.25, 0.3) is 0 Å². The largest absolute Gasteiger partial charge is 0.251 e. The van der Waals surface area contributed by atoms with Gasteiger partial charge < -0.3 is 0 Å². The third-order valence-corrected chi connectivity index (χ3v) is 12.3. The quantitative estimate of drug-likeness (QED) is 0.303. The molecular weight excluding hydrogens is 354 g/mol. The molecule has 0 fully saturated rings. The van der Waals surface area contributed by atoms with Crippen molar-refractivity contribution in [3.63, 3.8) is 0 Å². The Labute approximate surface area is 152 Å². The Balaban J connectivity index is 1.93. The second-order valence-corrected chi connectivity index (χ2v) is 11.9. The molecule has 6 aromatic rings. The zero-order chi connectivity index (χ0) is 17.1. The SMILES string of the molecule is c1ccc2c(c1)c1ccccc1p2-p1c2ncccc2c2cccnc21. The maximum Gasteiger partial charge on any atom is 0.0996 e. The van der Waals surface area contributed by atoms with Gasteiger partial charge in [0.15, 0.2) is 0 Å². The number of hydrogen-bond acceptors (Lipinski definition) is 2. The van der Waals surface area contributed by atoms with E-state index >= 15 is 0 Å². The lowest BCUT2D eigenvalue weighted by Gasteiger charge is -2.04. The minimum Gasteiger partial charge on any atom is -0.251 e. The fourth-order valence-corrected chi connectivity index (χ4v) is 12.2. The average Bonchev–Trinajstić information content (AvgIpc) is 3.21. The van der Waals surface area contributed by atoms with Gasteiger partial charge in [-0.25, -0.2) is 0 Å². The van der Waals surface area contributed by atoms with E-state index in [0.717, 1.165) is 0 Å². The molecule has 2 nitrogen and oxygen atoms in total. The highest BCUT2D eigenvalue weighted by Crippen LogP contribution is 2.71. The molecule has 0 saturated carbocycles. The molecule has 2 aromatic carbocycles. The lowest BCUT2D eigenvalue weighted by molar-refractivity contribution is 1.44. The highest BCUT2D eigenvalue weighted by Gasteiger charge is 2.20. The molecular formula is C22H14N2P2. The highest BCUT2D eigenvalue weighted by atomic mass is 32.0. The summed E-state index contributed by atoms with van der Waals surface area (Å²) in [6.07, 6.45) is 3.87. The molecule has 122 valence electrons. The Morgan fingerprint density at radius 2 is 0.923 bits per heavy atom. The Bertz CT molecular complexity index is 1220. The summed E-state index contributed by atoms with van der Waals surface area (Å²) in [5.41, 5.74) is 0. The van der Waals surface area contributed by atoms with E-state index in [1.807, 2.05) is 24.5 Å². The number of nitrogens with zero attached hydrogens (tertiary/aromatic N) is 2. The molecule has 4 heteroatoms. The predicted molar refractivity (Wildman–Crippen MR) is 115 cm³/mol. The van der Waals surface area contributed by atoms with Crippen molar-refractivity contribution in [2.24, 2.45) is 0 Å². The van der Waals surface area contributed by atoms with Crippen molar-refractivity contribution >= 4 is 56.7 Å². The lowest BCUT2D eigenvalue weighted by Crippen LogP contribution is -1.69. The monoisotopic (exact) mass is 368 g/mol. The maximum atomic E-state index is 4.85. The summed E-state index contributed by atoms with van der Waals surface area (Å²) in [5.74, 6) is 0. The molecule has 0 bridgehead atoms. The van der Waals surface area contributed by atoms with Crippen LogP contribution in [0.5, 0.6) is 0 Å². The van der Waals surface area contributed by atoms with E-state index in [1.165, 1.54) is 42.3 Å². The number of pyridine rings is 2. The van der Waals surface area contributed by atoms with Crippen LogP contribution in [0.25, 0.3) is 42.3 Å². The van der Waals surface area contributed by atoms with E-state index in [1.54, 1.807) is 0 Å². The number of rotatable bonds is 1. The zero-order valence-corrected chi connectivity index (χ0v) is 15.7. The zero-order valence-electron chi connectivity index (χ0n) is 13.9. The minimum absolute atomic E-state index is 0.511. The highest BCUT2D eigenvalue weighted by molar-refractivity contribution is 8.29. The van der Waals surface area contributed by atoms with E-state index in [4.69, 9.17) is 9.97 Å². The summed E-state index contributed by atoms with van der Waals surface area (Å²) in [5, 5.41) is 10.8. The van der Waals surface area contributed by atoms with Crippen LogP contribution in [0.3, 0.4) is 0 Å². The van der Waals surface area contributed by atoms with Gasteiger partial charge >= 0.3 is 0 Å². The molecule has 0 aliphatic heterocycles. The van der Waals surface area contributed by atoms with E-state index < -0.39 is 14.4 Å². The van der Waals surface area contributed by atoms with Crippen LogP contribution >= 0.6 is 14.4 Å². The number of fused-ring (bicyclic) bond motifs is 6. The van der Waals surface area contributed by atoms with Crippen LogP contribution in [0.1, 0.15) is 0 Å². The predicted octanol–water partition coefficient (Wildman–Crippen LogP) is 7.37. The van der Waals surface area contributed by atoms with Crippen LogP contribution in [0.4, 0.5) is 0 Å². The normalized spacial score (nSPS) is 11.8. The van der Waals surface area contributed by atoms with Crippen LogP contribution in [0.2, 0.25) is 0 Å². The third kappa shape index (κ3) is 1.84. The summed E-state index contributed by atoms with van der Waals surface area (Å²) in [6, 6.07) is 26.3. The summed E-state index contributed by atoms with van der Waals surface area (Å²) in [6.45, 7) is 0. The first-order chi connectivity index (χ1) is 12.9. The van der Waals surface area contributed by atoms with Crippen molar-refractivity contribution in [2.45, 2.75) is 0 Å². The van der Waals surface area contributed by atoms with E-state index in [0.29, 0.717) is 0 Å². The lowest BCUT2D eigenvalue weighted by atomic mass is 10.2. The first-order valence-corrected chi connectivity index (χ1v) is 12.0. The molecule has 0 N–H and O–H groups in total. The number of aromatic nitrogens is 2. The standard InChI is InChI=1S/C22H14N2P2/c1-3-11-19-15(7-1)16-8-2-4-12-20(16)25(19)26-21-17(9-5-13-23-21)18-10-6-14-24-22(18)26/h1-14H. The van der Waals surface area contributed by atoms with Crippen molar-refractivity contribution in [3.8, 4) is 0 Å². The first kappa shape index (κ1) is 14.5. The smallest absolute Gasteiger partial charge is 0.0996 e. The summed E-state index contributed by atoms with van der Waals surface area (Å²) >= 11 is 0. The Morgan fingerprint density at radius 1 is 0.462 bits per heavy atom. The molecule has 0 amide bonds. The van der Waals surface area contributed by atoms with Gasteiger partial charge in [0.1, 0.15) is 0 Å². The van der Waals surface area contributed by atoms with Gasteiger partial charge in [-0.05, 0) is 42.3 Å². The van der Waals surface area contributed by atoms with E-state index in [-0.39, 0.29) is 0 Å². The Hall–Kier alpha value is -2.66. The molecule has 0 unspecified atom stereocenters. The fourth-order valence-electron chi connectivity index (χ4n) is 3.96. The van der Waals surface area contributed by atoms with Crippen LogP contribution in [-0.2, 0) is 0 Å². The van der Waals surface area contributed by atoms with E-state index in [2.05, 4.69) is 60.7 Å². The Kier molecular flexibility index (Phi) is 3.02. The topological polar surface area (TPSA) is 25.8 Å². The summed E-state index contributed by atoms with van der Waals surface area (Å²) in [7, 11) is -1.12. The summed E-state index contributed by atoms with van der Waals surface area (Å²) in [4.78, 5) is 9.70. The molecule has 0 radical (unpaired) electrons. The van der Waals surface area contributed by atoms with Gasteiger partial charge in [0.2, 0.25) is 0 Å². The number of benzene rings is 2. The van der Waals surface area contributed by atoms with Gasteiger partial charge in [-0.15, -0.1) is 0 Å². The van der Waals surface area contributed by atoms with Crippen molar-refractivity contribution in [3.05, 3.63) is 85.2 Å². The molecule has 0 saturated heterocycles. The van der Waals surface area contributed by atoms with Gasteiger partial charge in [-0.3, -0.25) is 9.97 Å². The van der Waals surface area contributed by atoms with Crippen LogP contribution in [-0.4, -0.2) is 9.97 Å². The Morgan fingerprint density at radius 3 is 1.46 bits per heavy atom. The van der Waals surface area contributed by atoms with Crippen molar-refractivity contribution in [1.29, 1.82) is 0 Å². The molecule has 4 aromatic heterocycles. The molecule has 0 aliphatic carbocycles. The van der Waals surface area contributed by atoms with Gasteiger partial charge in [-0.2, -0.15) is 0 Å². The van der Waals surface area contributed by atoms with Crippen LogP contribution < -0.4 is 0 Å². The summed E-state index contributed by atoms with van der Waals surface area (Å²) < 4.78 is 0. The minimum atomic E-state index is -0.609. The van der Waals surface area contributed by atoms with Crippen molar-refractivity contribution in [1.82, 2.24) is 9.97 Å². The average molecular weight is 368 g/mol. The van der Waals surface area contributed by atoms with Crippen molar-refractivity contribution < 1.29 is 0 Å². The first-order valence-electron chi connectivity index (χ1n) is 8.62. The van der Waals surface area contributed by atoms with Crippen molar-refractivity contribution in [2.75, 3.05) is 0 Å². The molecule has 26 heavy (non-hydrogen) atoms. The molecule has 6 rings (SSSR count). The fraction of sp³-hybridized carbons (Fsp3) is 0. The van der Waals surface area contributed by atoms with Crippen LogP contribution in [0, 0.1) is 0 Å². The van der Waals surface area contributed by atoms with E-state index in [9.17, 15) is 0 Å². The van der Waals surface area contributed by atoms with Crippen LogP contribution in [0.15, 0.2) is 85.2 Å². The molecule has 0 aliphatic rings. The molecule has 0 spiro atoms. The molecule has 0 atom stereocenters. The second-order valence-electron chi connectivity index (χ2n) is 6.41.